The first-order chi connectivity index (χ1) is 14.1. The number of carbonyl (C=O) groups excluding carboxylic acids is 3. The fourth-order valence-corrected chi connectivity index (χ4v) is 4.06. The topological polar surface area (TPSA) is 97.4 Å². The molecule has 8 heteroatoms. The molecule has 1 aromatic carbocycles. The van der Waals surface area contributed by atoms with E-state index < -0.39 is 24.4 Å². The summed E-state index contributed by atoms with van der Waals surface area (Å²) in [7, 11) is 0. The maximum atomic E-state index is 12.8. The predicted molar refractivity (Wildman–Crippen MR) is 109 cm³/mol. The quantitative estimate of drug-likeness (QED) is 0.510. The van der Waals surface area contributed by atoms with Crippen molar-refractivity contribution in [2.45, 2.75) is 25.7 Å². The number of rotatable bonds is 4. The summed E-state index contributed by atoms with van der Waals surface area (Å²) in [5, 5.41) is 2.49. The first kappa shape index (κ1) is 19.1. The Hall–Kier alpha value is -3.26. The van der Waals surface area contributed by atoms with Gasteiger partial charge < -0.3 is 4.74 Å². The van der Waals surface area contributed by atoms with Crippen molar-refractivity contribution in [3.63, 3.8) is 0 Å². The molecule has 2 N–H and O–H groups in total. The zero-order valence-electron chi connectivity index (χ0n) is 15.6. The molecule has 0 saturated heterocycles. The predicted octanol–water partition coefficient (Wildman–Crippen LogP) is 2.79. The molecule has 2 aromatic heterocycles. The Bertz CT molecular complexity index is 1080. The van der Waals surface area contributed by atoms with Gasteiger partial charge >= 0.3 is 5.97 Å². The van der Waals surface area contributed by atoms with E-state index in [9.17, 15) is 14.4 Å². The normalized spacial score (nSPS) is 12.8. The molecular weight excluding hydrogens is 390 g/mol. The Morgan fingerprint density at radius 1 is 1.03 bits per heavy atom. The maximum Gasteiger partial charge on any atom is 0.339 e. The van der Waals surface area contributed by atoms with E-state index in [1.54, 1.807) is 17.5 Å². The van der Waals surface area contributed by atoms with E-state index in [-0.39, 0.29) is 0 Å². The summed E-state index contributed by atoms with van der Waals surface area (Å²) in [6.07, 6.45) is 3.62. The fraction of sp³-hybridized carbons (Fsp3) is 0.238. The third-order valence-corrected chi connectivity index (χ3v) is 5.64. The van der Waals surface area contributed by atoms with Gasteiger partial charge in [0, 0.05) is 11.1 Å². The SMILES string of the molecule is O=C(COC(=O)c1c2c(nc3ccccc13)CCCC2)NNC(=O)c1cccs1. The molecule has 2 heterocycles. The molecule has 0 saturated carbocycles. The average molecular weight is 409 g/mol. The number of ether oxygens (including phenoxy) is 1. The van der Waals surface area contributed by atoms with Crippen LogP contribution in [0.3, 0.4) is 0 Å². The Morgan fingerprint density at radius 2 is 1.86 bits per heavy atom. The molecule has 3 aromatic rings. The van der Waals surface area contributed by atoms with Crippen LogP contribution in [0.25, 0.3) is 10.9 Å². The van der Waals surface area contributed by atoms with Crippen molar-refractivity contribution in [2.24, 2.45) is 0 Å². The molecule has 1 aliphatic rings. The first-order valence-electron chi connectivity index (χ1n) is 9.34. The smallest absolute Gasteiger partial charge is 0.339 e. The number of amides is 2. The molecule has 0 aliphatic heterocycles. The highest BCUT2D eigenvalue weighted by Crippen LogP contribution is 2.29. The molecule has 0 radical (unpaired) electrons. The Kier molecular flexibility index (Phi) is 5.53. The lowest BCUT2D eigenvalue weighted by molar-refractivity contribution is -0.125. The molecule has 0 bridgehead atoms. The minimum atomic E-state index is -0.615. The lowest BCUT2D eigenvalue weighted by Gasteiger charge is -2.19. The number of esters is 1. The van der Waals surface area contributed by atoms with Gasteiger partial charge in [-0.15, -0.1) is 11.3 Å². The zero-order chi connectivity index (χ0) is 20.2. The minimum absolute atomic E-state index is 0.422. The molecule has 29 heavy (non-hydrogen) atoms. The van der Waals surface area contributed by atoms with E-state index in [1.165, 1.54) is 11.3 Å². The highest BCUT2D eigenvalue weighted by molar-refractivity contribution is 7.12. The van der Waals surface area contributed by atoms with E-state index in [4.69, 9.17) is 9.72 Å². The van der Waals surface area contributed by atoms with Gasteiger partial charge in [-0.1, -0.05) is 24.3 Å². The Balaban J connectivity index is 1.45. The molecule has 2 amide bonds. The van der Waals surface area contributed by atoms with Crippen molar-refractivity contribution in [3.05, 3.63) is 63.5 Å². The fourth-order valence-electron chi connectivity index (χ4n) is 3.44. The van der Waals surface area contributed by atoms with Gasteiger partial charge in [-0.25, -0.2) is 4.79 Å². The van der Waals surface area contributed by atoms with Crippen molar-refractivity contribution in [1.82, 2.24) is 15.8 Å². The van der Waals surface area contributed by atoms with Crippen LogP contribution < -0.4 is 10.9 Å². The monoisotopic (exact) mass is 409 g/mol. The van der Waals surface area contributed by atoms with Crippen LogP contribution in [0.2, 0.25) is 0 Å². The van der Waals surface area contributed by atoms with E-state index in [0.717, 1.165) is 47.8 Å². The molecule has 7 nitrogen and oxygen atoms in total. The summed E-state index contributed by atoms with van der Waals surface area (Å²) in [4.78, 5) is 41.8. The number of hydrogen-bond donors (Lipinski definition) is 2. The molecule has 0 fully saturated rings. The van der Waals surface area contributed by atoms with Gasteiger partial charge in [0.1, 0.15) is 0 Å². The van der Waals surface area contributed by atoms with E-state index >= 15 is 0 Å². The number of aryl methyl sites for hydroxylation is 1. The highest BCUT2D eigenvalue weighted by Gasteiger charge is 2.24. The number of thiophene rings is 1. The number of carbonyl (C=O) groups is 3. The van der Waals surface area contributed by atoms with Crippen LogP contribution in [0.15, 0.2) is 41.8 Å². The van der Waals surface area contributed by atoms with Crippen molar-refractivity contribution in [2.75, 3.05) is 6.61 Å². The molecule has 1 aliphatic carbocycles. The van der Waals surface area contributed by atoms with Crippen molar-refractivity contribution in [3.8, 4) is 0 Å². The third kappa shape index (κ3) is 4.12. The van der Waals surface area contributed by atoms with E-state index in [0.29, 0.717) is 10.4 Å². The lowest BCUT2D eigenvalue weighted by Crippen LogP contribution is -2.43. The zero-order valence-corrected chi connectivity index (χ0v) is 16.4. The van der Waals surface area contributed by atoms with Gasteiger partial charge in [0.25, 0.3) is 11.8 Å². The summed E-state index contributed by atoms with van der Waals surface area (Å²) in [5.74, 6) is -1.59. The van der Waals surface area contributed by atoms with Gasteiger partial charge in [-0.2, -0.15) is 0 Å². The van der Waals surface area contributed by atoms with Crippen molar-refractivity contribution in [1.29, 1.82) is 0 Å². The second kappa shape index (κ2) is 8.40. The lowest BCUT2D eigenvalue weighted by atomic mass is 9.90. The second-order valence-corrected chi connectivity index (χ2v) is 7.64. The first-order valence-corrected chi connectivity index (χ1v) is 10.2. The minimum Gasteiger partial charge on any atom is -0.452 e. The molecule has 4 rings (SSSR count). The van der Waals surface area contributed by atoms with E-state index in [1.807, 2.05) is 24.3 Å². The van der Waals surface area contributed by atoms with Crippen molar-refractivity contribution < 1.29 is 19.1 Å². The number of hydrogen-bond acceptors (Lipinski definition) is 6. The second-order valence-electron chi connectivity index (χ2n) is 6.69. The Morgan fingerprint density at radius 3 is 2.69 bits per heavy atom. The number of nitrogens with zero attached hydrogens (tertiary/aromatic N) is 1. The largest absolute Gasteiger partial charge is 0.452 e. The van der Waals surface area contributed by atoms with Crippen molar-refractivity contribution >= 4 is 40.0 Å². The molecule has 0 spiro atoms. The summed E-state index contributed by atoms with van der Waals surface area (Å²) in [6, 6.07) is 10.8. The molecular formula is C21H19N3O4S. The summed E-state index contributed by atoms with van der Waals surface area (Å²) in [6.45, 7) is -0.491. The molecule has 0 atom stereocenters. The number of pyridine rings is 1. The number of benzene rings is 1. The number of fused-ring (bicyclic) bond motifs is 2. The molecule has 148 valence electrons. The summed E-state index contributed by atoms with van der Waals surface area (Å²) in [5.41, 5.74) is 7.62. The van der Waals surface area contributed by atoms with Crippen LogP contribution in [-0.4, -0.2) is 29.4 Å². The van der Waals surface area contributed by atoms with Crippen LogP contribution in [0.1, 0.15) is 44.1 Å². The number of nitrogens with one attached hydrogen (secondary N) is 2. The van der Waals surface area contributed by atoms with Gasteiger partial charge in [-0.3, -0.25) is 25.4 Å². The highest BCUT2D eigenvalue weighted by atomic mass is 32.1. The van der Waals surface area contributed by atoms with Crippen LogP contribution >= 0.6 is 11.3 Å². The number of hydrazine groups is 1. The standard InChI is InChI=1S/C21H19N3O4S/c25-18(23-24-20(26)17-10-5-11-29-17)12-28-21(27)19-13-6-1-3-8-15(13)22-16-9-4-2-7-14(16)19/h1,3,5-6,8,10-11H,2,4,7,9,12H2,(H,23,25)(H,24,26). The van der Waals surface area contributed by atoms with Gasteiger partial charge in [0.15, 0.2) is 6.61 Å². The summed E-state index contributed by atoms with van der Waals surface area (Å²) < 4.78 is 5.26. The van der Waals surface area contributed by atoms with E-state index in [2.05, 4.69) is 10.9 Å². The Labute approximate surface area is 171 Å². The average Bonchev–Trinajstić information content (AvgIpc) is 3.29. The van der Waals surface area contributed by atoms with Gasteiger partial charge in [0.05, 0.1) is 16.0 Å². The molecule has 0 unspecified atom stereocenters. The summed E-state index contributed by atoms with van der Waals surface area (Å²) >= 11 is 1.26. The van der Waals surface area contributed by atoms with Crippen LogP contribution in [0.5, 0.6) is 0 Å². The van der Waals surface area contributed by atoms with Gasteiger partial charge in [0.2, 0.25) is 0 Å². The third-order valence-electron chi connectivity index (χ3n) is 4.77. The number of para-hydroxylation sites is 1. The maximum absolute atomic E-state index is 12.8. The van der Waals surface area contributed by atoms with Crippen LogP contribution in [0, 0.1) is 0 Å². The van der Waals surface area contributed by atoms with Crippen LogP contribution in [-0.2, 0) is 22.4 Å². The number of aromatic nitrogens is 1. The van der Waals surface area contributed by atoms with Gasteiger partial charge in [-0.05, 0) is 48.8 Å². The van der Waals surface area contributed by atoms with Crippen LogP contribution in [0.4, 0.5) is 0 Å².